The molecule has 0 unspecified atom stereocenters. The van der Waals surface area contributed by atoms with Crippen LogP contribution in [0.1, 0.15) is 22.8 Å². The molecule has 3 N–H and O–H groups in total. The van der Waals surface area contributed by atoms with E-state index in [1.807, 2.05) is 30.3 Å². The third-order valence-corrected chi connectivity index (χ3v) is 3.75. The number of anilines is 1. The number of rotatable bonds is 4. The molecule has 0 bridgehead atoms. The van der Waals surface area contributed by atoms with Crippen LogP contribution >= 0.6 is 0 Å². The van der Waals surface area contributed by atoms with Crippen molar-refractivity contribution in [2.24, 2.45) is 5.10 Å². The Morgan fingerprint density at radius 2 is 1.85 bits per heavy atom. The molecule has 0 saturated carbocycles. The smallest absolute Gasteiger partial charge is 0.271 e. The average Bonchev–Trinajstić information content (AvgIpc) is 2.63. The lowest BCUT2D eigenvalue weighted by atomic mass is 10.0. The SMILES string of the molecule is CC(=O)Nc1cccc(C(=O)NN=Cc2c(O)ccc3ccccc23)c1. The number of phenolic OH excluding ortho intramolecular Hbond substituents is 1. The molecule has 0 heterocycles. The summed E-state index contributed by atoms with van der Waals surface area (Å²) in [6.07, 6.45) is 1.41. The van der Waals surface area contributed by atoms with E-state index in [1.165, 1.54) is 13.1 Å². The number of carbonyl (C=O) groups excluding carboxylic acids is 2. The van der Waals surface area contributed by atoms with E-state index < -0.39 is 5.91 Å². The van der Waals surface area contributed by atoms with E-state index in [1.54, 1.807) is 30.3 Å². The quantitative estimate of drug-likeness (QED) is 0.500. The van der Waals surface area contributed by atoms with E-state index in [9.17, 15) is 14.7 Å². The third-order valence-electron chi connectivity index (χ3n) is 3.75. The van der Waals surface area contributed by atoms with Gasteiger partial charge < -0.3 is 10.4 Å². The summed E-state index contributed by atoms with van der Waals surface area (Å²) in [6.45, 7) is 1.40. The molecular formula is C20H17N3O3. The fourth-order valence-electron chi connectivity index (χ4n) is 2.58. The third kappa shape index (κ3) is 3.87. The van der Waals surface area contributed by atoms with Gasteiger partial charge in [-0.05, 0) is 35.0 Å². The van der Waals surface area contributed by atoms with Crippen molar-refractivity contribution in [3.63, 3.8) is 0 Å². The largest absolute Gasteiger partial charge is 0.507 e. The van der Waals surface area contributed by atoms with Crippen LogP contribution in [-0.2, 0) is 4.79 Å². The molecule has 130 valence electrons. The van der Waals surface area contributed by atoms with Crippen LogP contribution in [0.15, 0.2) is 65.8 Å². The topological polar surface area (TPSA) is 90.8 Å². The van der Waals surface area contributed by atoms with E-state index in [0.29, 0.717) is 16.8 Å². The molecule has 0 aromatic heterocycles. The fraction of sp³-hybridized carbons (Fsp3) is 0.0500. The number of benzene rings is 3. The van der Waals surface area contributed by atoms with E-state index in [0.717, 1.165) is 10.8 Å². The highest BCUT2D eigenvalue weighted by molar-refractivity contribution is 6.03. The number of nitrogens with zero attached hydrogens (tertiary/aromatic N) is 1. The lowest BCUT2D eigenvalue weighted by Crippen LogP contribution is -2.18. The molecule has 26 heavy (non-hydrogen) atoms. The maximum absolute atomic E-state index is 12.2. The number of amides is 2. The molecule has 0 radical (unpaired) electrons. The summed E-state index contributed by atoms with van der Waals surface area (Å²) in [6, 6.07) is 17.5. The second-order valence-corrected chi connectivity index (χ2v) is 5.68. The van der Waals surface area contributed by atoms with E-state index in [4.69, 9.17) is 0 Å². The summed E-state index contributed by atoms with van der Waals surface area (Å²) in [7, 11) is 0. The van der Waals surface area contributed by atoms with Gasteiger partial charge in [-0.25, -0.2) is 5.43 Å². The van der Waals surface area contributed by atoms with Gasteiger partial charge in [0.05, 0.1) is 6.21 Å². The van der Waals surface area contributed by atoms with Crippen molar-refractivity contribution >= 4 is 34.5 Å². The van der Waals surface area contributed by atoms with Gasteiger partial charge in [-0.3, -0.25) is 9.59 Å². The van der Waals surface area contributed by atoms with E-state index >= 15 is 0 Å². The summed E-state index contributed by atoms with van der Waals surface area (Å²) >= 11 is 0. The van der Waals surface area contributed by atoms with Crippen molar-refractivity contribution in [3.8, 4) is 5.75 Å². The minimum atomic E-state index is -0.423. The van der Waals surface area contributed by atoms with Crippen LogP contribution < -0.4 is 10.7 Å². The monoisotopic (exact) mass is 347 g/mol. The summed E-state index contributed by atoms with van der Waals surface area (Å²) in [5.74, 6) is -0.561. The van der Waals surface area contributed by atoms with Crippen LogP contribution in [-0.4, -0.2) is 23.1 Å². The Balaban J connectivity index is 1.78. The highest BCUT2D eigenvalue weighted by atomic mass is 16.3. The Labute approximate surface area is 150 Å². The van der Waals surface area contributed by atoms with Crippen LogP contribution in [0.25, 0.3) is 10.8 Å². The number of aromatic hydroxyl groups is 1. The van der Waals surface area contributed by atoms with Crippen LogP contribution in [0.5, 0.6) is 5.75 Å². The fourth-order valence-corrected chi connectivity index (χ4v) is 2.58. The summed E-state index contributed by atoms with van der Waals surface area (Å²) in [4.78, 5) is 23.3. The van der Waals surface area contributed by atoms with Crippen LogP contribution in [0.3, 0.4) is 0 Å². The Morgan fingerprint density at radius 1 is 1.04 bits per heavy atom. The zero-order valence-corrected chi connectivity index (χ0v) is 14.1. The van der Waals surface area contributed by atoms with Gasteiger partial charge in [0, 0.05) is 23.7 Å². The molecule has 0 spiro atoms. The molecule has 0 atom stereocenters. The molecule has 2 amide bonds. The number of hydrogen-bond donors (Lipinski definition) is 3. The number of hydrogen-bond acceptors (Lipinski definition) is 4. The van der Waals surface area contributed by atoms with Crippen molar-refractivity contribution in [1.29, 1.82) is 0 Å². The molecule has 3 rings (SSSR count). The van der Waals surface area contributed by atoms with E-state index in [2.05, 4.69) is 15.8 Å². The van der Waals surface area contributed by atoms with Crippen molar-refractivity contribution < 1.29 is 14.7 Å². The van der Waals surface area contributed by atoms with Gasteiger partial charge in [0.2, 0.25) is 5.91 Å². The standard InChI is InChI=1S/C20H17N3O3/c1-13(24)22-16-7-4-6-15(11-16)20(26)23-21-12-18-17-8-3-2-5-14(17)9-10-19(18)25/h2-12,25H,1H3,(H,22,24)(H,23,26). The Kier molecular flexibility index (Phi) is 4.94. The second kappa shape index (κ2) is 7.48. The van der Waals surface area contributed by atoms with Gasteiger partial charge >= 0.3 is 0 Å². The number of hydrazone groups is 1. The second-order valence-electron chi connectivity index (χ2n) is 5.68. The van der Waals surface area contributed by atoms with Crippen molar-refractivity contribution in [3.05, 3.63) is 71.8 Å². The lowest BCUT2D eigenvalue weighted by molar-refractivity contribution is -0.114. The molecule has 3 aromatic rings. The lowest BCUT2D eigenvalue weighted by Gasteiger charge is -2.06. The van der Waals surface area contributed by atoms with Crippen LogP contribution in [0.2, 0.25) is 0 Å². The molecule has 0 aliphatic rings. The number of phenols is 1. The van der Waals surface area contributed by atoms with Gasteiger partial charge in [-0.15, -0.1) is 0 Å². The summed E-state index contributed by atoms with van der Waals surface area (Å²) in [5, 5.41) is 18.4. The van der Waals surface area contributed by atoms with Gasteiger partial charge in [-0.2, -0.15) is 5.10 Å². The van der Waals surface area contributed by atoms with Crippen molar-refractivity contribution in [2.75, 3.05) is 5.32 Å². The van der Waals surface area contributed by atoms with E-state index in [-0.39, 0.29) is 11.7 Å². The van der Waals surface area contributed by atoms with Gasteiger partial charge in [0.25, 0.3) is 5.91 Å². The van der Waals surface area contributed by atoms with Crippen molar-refractivity contribution in [1.82, 2.24) is 5.43 Å². The predicted octanol–water partition coefficient (Wildman–Crippen LogP) is 3.27. The highest BCUT2D eigenvalue weighted by Crippen LogP contribution is 2.25. The zero-order chi connectivity index (χ0) is 18.5. The van der Waals surface area contributed by atoms with Crippen molar-refractivity contribution in [2.45, 2.75) is 6.92 Å². The molecule has 6 nitrogen and oxygen atoms in total. The molecule has 0 saturated heterocycles. The van der Waals surface area contributed by atoms with Gasteiger partial charge in [0.1, 0.15) is 5.75 Å². The minimum Gasteiger partial charge on any atom is -0.507 e. The maximum Gasteiger partial charge on any atom is 0.271 e. The molecule has 0 aliphatic heterocycles. The highest BCUT2D eigenvalue weighted by Gasteiger charge is 2.07. The molecule has 6 heteroatoms. The first-order valence-electron chi connectivity index (χ1n) is 7.96. The number of nitrogens with one attached hydrogen (secondary N) is 2. The van der Waals surface area contributed by atoms with Crippen LogP contribution in [0.4, 0.5) is 5.69 Å². The first-order valence-corrected chi connectivity index (χ1v) is 7.96. The van der Waals surface area contributed by atoms with Gasteiger partial charge in [0.15, 0.2) is 0 Å². The Morgan fingerprint density at radius 3 is 2.65 bits per heavy atom. The number of carbonyl (C=O) groups is 2. The Bertz CT molecular complexity index is 1010. The van der Waals surface area contributed by atoms with Crippen LogP contribution in [0, 0.1) is 0 Å². The average molecular weight is 347 g/mol. The normalized spacial score (nSPS) is 10.8. The first-order chi connectivity index (χ1) is 12.5. The molecule has 0 aliphatic carbocycles. The van der Waals surface area contributed by atoms with Gasteiger partial charge in [-0.1, -0.05) is 36.4 Å². The predicted molar refractivity (Wildman–Crippen MR) is 101 cm³/mol. The molecule has 3 aromatic carbocycles. The maximum atomic E-state index is 12.2. The number of fused-ring (bicyclic) bond motifs is 1. The summed E-state index contributed by atoms with van der Waals surface area (Å²) < 4.78 is 0. The zero-order valence-electron chi connectivity index (χ0n) is 14.1. The summed E-state index contributed by atoms with van der Waals surface area (Å²) in [5.41, 5.74) is 3.84. The minimum absolute atomic E-state index is 0.0781. The Hall–Kier alpha value is -3.67. The molecular weight excluding hydrogens is 330 g/mol. The molecule has 0 fully saturated rings. The first kappa shape index (κ1) is 17.2.